The number of benzene rings is 1. The van der Waals surface area contributed by atoms with E-state index in [1.54, 1.807) is 24.0 Å². The molecule has 1 N–H and O–H groups in total. The molecule has 1 aromatic rings. The molecular formula is C18H23ClN3O4+. The van der Waals surface area contributed by atoms with Gasteiger partial charge in [-0.05, 0) is 24.6 Å². The zero-order valence-electron chi connectivity index (χ0n) is 14.7. The fourth-order valence-corrected chi connectivity index (χ4v) is 3.61. The van der Waals surface area contributed by atoms with Crippen LogP contribution < -0.4 is 4.90 Å². The van der Waals surface area contributed by atoms with Gasteiger partial charge in [-0.25, -0.2) is 4.79 Å². The van der Waals surface area contributed by atoms with E-state index in [-0.39, 0.29) is 36.9 Å². The van der Waals surface area contributed by atoms with Crippen LogP contribution in [0, 0.1) is 0 Å². The molecule has 0 aliphatic carbocycles. The Bertz CT molecular complexity index is 686. The standard InChI is InChI=1S/C18H22ClN3O4/c1-2-26-18(25)21-9-7-20(8-10-21)15-11-16(23)22(17(15)24)12-13-3-5-14(19)6-4-13/h3-6,15H,2,7-12H2,1H3/p+1/t15-/m1/s1. The van der Waals surface area contributed by atoms with Crippen LogP contribution in [0.2, 0.25) is 5.02 Å². The highest BCUT2D eigenvalue weighted by Crippen LogP contribution is 2.17. The second kappa shape index (κ2) is 8.05. The molecular weight excluding hydrogens is 358 g/mol. The first-order valence-corrected chi connectivity index (χ1v) is 9.22. The Balaban J connectivity index is 1.59. The van der Waals surface area contributed by atoms with E-state index in [2.05, 4.69) is 0 Å². The number of hydrogen-bond acceptors (Lipinski definition) is 4. The predicted octanol–water partition coefficient (Wildman–Crippen LogP) is 0.325. The summed E-state index contributed by atoms with van der Waals surface area (Å²) in [5.74, 6) is -0.278. The van der Waals surface area contributed by atoms with Gasteiger partial charge in [0.2, 0.25) is 5.91 Å². The number of halogens is 1. The Morgan fingerprint density at radius 2 is 1.88 bits per heavy atom. The first kappa shape index (κ1) is 18.7. The Kier molecular flexibility index (Phi) is 5.78. The zero-order chi connectivity index (χ0) is 18.7. The van der Waals surface area contributed by atoms with Crippen LogP contribution in [-0.2, 0) is 20.9 Å². The zero-order valence-corrected chi connectivity index (χ0v) is 15.5. The summed E-state index contributed by atoms with van der Waals surface area (Å²) in [7, 11) is 0. The molecule has 2 fully saturated rings. The van der Waals surface area contributed by atoms with Gasteiger partial charge in [0.25, 0.3) is 5.91 Å². The van der Waals surface area contributed by atoms with Crippen molar-refractivity contribution in [2.24, 2.45) is 0 Å². The number of nitrogens with zero attached hydrogens (tertiary/aromatic N) is 2. The summed E-state index contributed by atoms with van der Waals surface area (Å²) in [5, 5.41) is 0.620. The topological polar surface area (TPSA) is 71.4 Å². The summed E-state index contributed by atoms with van der Waals surface area (Å²) in [6.07, 6.45) is -0.0917. The van der Waals surface area contributed by atoms with E-state index in [0.29, 0.717) is 37.8 Å². The number of nitrogens with one attached hydrogen (secondary N) is 1. The number of quaternary nitrogens is 1. The molecule has 3 amide bonds. The molecule has 0 radical (unpaired) electrons. The maximum Gasteiger partial charge on any atom is 0.410 e. The second-order valence-corrected chi connectivity index (χ2v) is 6.98. The number of piperazine rings is 1. The summed E-state index contributed by atoms with van der Waals surface area (Å²) in [6, 6.07) is 6.78. The van der Waals surface area contributed by atoms with Gasteiger partial charge < -0.3 is 9.64 Å². The molecule has 2 saturated heterocycles. The number of amides is 3. The largest absolute Gasteiger partial charge is 0.450 e. The number of carbonyl (C=O) groups excluding carboxylic acids is 3. The maximum absolute atomic E-state index is 12.8. The van der Waals surface area contributed by atoms with Crippen molar-refractivity contribution in [1.82, 2.24) is 9.80 Å². The van der Waals surface area contributed by atoms with Crippen LogP contribution >= 0.6 is 11.6 Å². The molecule has 140 valence electrons. The Labute approximate surface area is 157 Å². The van der Waals surface area contributed by atoms with Crippen molar-refractivity contribution in [1.29, 1.82) is 0 Å². The van der Waals surface area contributed by atoms with Crippen molar-refractivity contribution in [2.75, 3.05) is 32.8 Å². The molecule has 1 aromatic carbocycles. The third-order valence-corrected chi connectivity index (χ3v) is 5.17. The summed E-state index contributed by atoms with van der Waals surface area (Å²) in [4.78, 5) is 40.9. The second-order valence-electron chi connectivity index (χ2n) is 6.55. The van der Waals surface area contributed by atoms with Gasteiger partial charge in [0.15, 0.2) is 6.04 Å². The van der Waals surface area contributed by atoms with Crippen LogP contribution in [0.4, 0.5) is 4.79 Å². The Morgan fingerprint density at radius 3 is 2.50 bits per heavy atom. The highest BCUT2D eigenvalue weighted by atomic mass is 35.5. The number of hydrogen-bond donors (Lipinski definition) is 1. The van der Waals surface area contributed by atoms with Gasteiger partial charge in [-0.15, -0.1) is 0 Å². The van der Waals surface area contributed by atoms with E-state index < -0.39 is 0 Å². The lowest BCUT2D eigenvalue weighted by Gasteiger charge is -2.33. The van der Waals surface area contributed by atoms with Gasteiger partial charge in [0.05, 0.1) is 45.8 Å². The average Bonchev–Trinajstić information content (AvgIpc) is 2.92. The minimum atomic E-state index is -0.362. The normalized spacial score (nSPS) is 21.4. The minimum absolute atomic E-state index is 0.135. The van der Waals surface area contributed by atoms with Crippen molar-refractivity contribution >= 4 is 29.5 Å². The van der Waals surface area contributed by atoms with Crippen molar-refractivity contribution < 1.29 is 24.0 Å². The first-order chi connectivity index (χ1) is 12.5. The minimum Gasteiger partial charge on any atom is -0.450 e. The van der Waals surface area contributed by atoms with Gasteiger partial charge >= 0.3 is 6.09 Å². The van der Waals surface area contributed by atoms with Crippen LogP contribution in [0.25, 0.3) is 0 Å². The average molecular weight is 381 g/mol. The van der Waals surface area contributed by atoms with Crippen molar-refractivity contribution in [3.05, 3.63) is 34.9 Å². The maximum atomic E-state index is 12.8. The molecule has 1 atom stereocenters. The van der Waals surface area contributed by atoms with Gasteiger partial charge in [-0.3, -0.25) is 19.4 Å². The summed E-state index contributed by atoms with van der Waals surface area (Å²) in [6.45, 7) is 4.73. The molecule has 2 aliphatic heterocycles. The lowest BCUT2D eigenvalue weighted by molar-refractivity contribution is -0.918. The summed E-state index contributed by atoms with van der Waals surface area (Å²) < 4.78 is 5.01. The van der Waals surface area contributed by atoms with Crippen molar-refractivity contribution in [3.8, 4) is 0 Å². The third-order valence-electron chi connectivity index (χ3n) is 4.92. The molecule has 2 heterocycles. The van der Waals surface area contributed by atoms with E-state index in [1.165, 1.54) is 4.90 Å². The summed E-state index contributed by atoms with van der Waals surface area (Å²) >= 11 is 5.88. The molecule has 8 heteroatoms. The Hall–Kier alpha value is -2.12. The number of rotatable bonds is 4. The molecule has 0 saturated carbocycles. The molecule has 0 bridgehead atoms. The molecule has 7 nitrogen and oxygen atoms in total. The number of imide groups is 1. The lowest BCUT2D eigenvalue weighted by atomic mass is 10.2. The lowest BCUT2D eigenvalue weighted by Crippen LogP contribution is -3.19. The quantitative estimate of drug-likeness (QED) is 0.764. The molecule has 3 rings (SSSR count). The van der Waals surface area contributed by atoms with E-state index in [0.717, 1.165) is 10.5 Å². The molecule has 0 aromatic heterocycles. The predicted molar refractivity (Wildman–Crippen MR) is 94.7 cm³/mol. The van der Waals surface area contributed by atoms with Crippen LogP contribution in [-0.4, -0.2) is 66.5 Å². The SMILES string of the molecule is CCOC(=O)N1CC[NH+]([C@@H]2CC(=O)N(Cc3ccc(Cl)cc3)C2=O)CC1. The van der Waals surface area contributed by atoms with E-state index >= 15 is 0 Å². The smallest absolute Gasteiger partial charge is 0.410 e. The van der Waals surface area contributed by atoms with Gasteiger partial charge in [0, 0.05) is 5.02 Å². The van der Waals surface area contributed by atoms with Crippen LogP contribution in [0.5, 0.6) is 0 Å². The van der Waals surface area contributed by atoms with E-state index in [1.807, 2.05) is 12.1 Å². The monoisotopic (exact) mass is 380 g/mol. The molecule has 26 heavy (non-hydrogen) atoms. The third kappa shape index (κ3) is 3.99. The fourth-order valence-electron chi connectivity index (χ4n) is 3.48. The molecule has 0 spiro atoms. The van der Waals surface area contributed by atoms with Crippen LogP contribution in [0.1, 0.15) is 18.9 Å². The van der Waals surface area contributed by atoms with Crippen LogP contribution in [0.15, 0.2) is 24.3 Å². The highest BCUT2D eigenvalue weighted by Gasteiger charge is 2.45. The Morgan fingerprint density at radius 1 is 1.23 bits per heavy atom. The van der Waals surface area contributed by atoms with Gasteiger partial charge in [0.1, 0.15) is 0 Å². The number of ether oxygens (including phenoxy) is 1. The van der Waals surface area contributed by atoms with Crippen molar-refractivity contribution in [2.45, 2.75) is 25.9 Å². The molecule has 0 unspecified atom stereocenters. The van der Waals surface area contributed by atoms with Crippen LogP contribution in [0.3, 0.4) is 0 Å². The van der Waals surface area contributed by atoms with Crippen molar-refractivity contribution in [3.63, 3.8) is 0 Å². The summed E-state index contributed by atoms with van der Waals surface area (Å²) in [5.41, 5.74) is 0.874. The first-order valence-electron chi connectivity index (χ1n) is 8.84. The van der Waals surface area contributed by atoms with Gasteiger partial charge in [-0.1, -0.05) is 23.7 Å². The molecule has 2 aliphatic rings. The number of carbonyl (C=O) groups is 3. The van der Waals surface area contributed by atoms with E-state index in [9.17, 15) is 14.4 Å². The van der Waals surface area contributed by atoms with E-state index in [4.69, 9.17) is 16.3 Å². The van der Waals surface area contributed by atoms with Gasteiger partial charge in [-0.2, -0.15) is 0 Å². The number of likely N-dealkylation sites (tertiary alicyclic amines) is 1. The highest BCUT2D eigenvalue weighted by molar-refractivity contribution is 6.30. The fraction of sp³-hybridized carbons (Fsp3) is 0.500.